The fourth-order valence-corrected chi connectivity index (χ4v) is 16.1. The quantitative estimate of drug-likeness (QED) is 0.131. The third-order valence-electron chi connectivity index (χ3n) is 17.1. The number of hydrogen-bond donors (Lipinski definition) is 0. The zero-order valence-corrected chi connectivity index (χ0v) is 37.5. The van der Waals surface area contributed by atoms with Crippen molar-refractivity contribution in [1.29, 1.82) is 0 Å². The van der Waals surface area contributed by atoms with Crippen molar-refractivity contribution in [3.05, 3.63) is 0 Å². The molecule has 6 atom stereocenters. The summed E-state index contributed by atoms with van der Waals surface area (Å²) in [6, 6.07) is 0. The first-order valence-electron chi connectivity index (χ1n) is 23.1. The van der Waals surface area contributed by atoms with Crippen molar-refractivity contribution in [3.63, 3.8) is 0 Å². The molecule has 342 valence electrons. The zero-order valence-electron chi connectivity index (χ0n) is 37.5. The summed E-state index contributed by atoms with van der Waals surface area (Å²) in [4.78, 5) is 37.1. The average Bonchev–Trinajstić information content (AvgIpc) is 3.05. The van der Waals surface area contributed by atoms with Gasteiger partial charge in [-0.2, -0.15) is 0 Å². The standard InChI is InChI=1S/C18H28F2O2.2C15H22F2O2/c1-15(2,3)18-8-12-5-13(9-18)7-17(6-12,10-18)14(21)22-11-16(4,19)20;1-13-4-10-3-11(5-13)7-15(6-10,8-13)12(18)19-9-14(2,16)17;1-14-5-9-3-10(6-14)12(11(4-9)7-14)13(18)19-8-15(2,16)17/h12-13H,5-11H2,1-4H3;10-11H,3-9H2,1-2H3;9-12H,3-8H2,1-2H3. The highest BCUT2D eigenvalue weighted by molar-refractivity contribution is 5.78. The predicted octanol–water partition coefficient (Wildman–Crippen LogP) is 12.3. The van der Waals surface area contributed by atoms with Gasteiger partial charge in [-0.15, -0.1) is 0 Å². The second kappa shape index (κ2) is 15.3. The van der Waals surface area contributed by atoms with Gasteiger partial charge in [0.15, 0.2) is 19.8 Å². The highest BCUT2D eigenvalue weighted by atomic mass is 19.3. The first-order chi connectivity index (χ1) is 27.4. The summed E-state index contributed by atoms with van der Waals surface area (Å²) >= 11 is 0. The van der Waals surface area contributed by atoms with Crippen LogP contribution in [0.2, 0.25) is 0 Å². The van der Waals surface area contributed by atoms with Crippen LogP contribution in [0.5, 0.6) is 0 Å². The van der Waals surface area contributed by atoms with Gasteiger partial charge < -0.3 is 14.2 Å². The van der Waals surface area contributed by atoms with E-state index in [1.54, 1.807) is 0 Å². The minimum Gasteiger partial charge on any atom is -0.459 e. The van der Waals surface area contributed by atoms with E-state index < -0.39 is 48.4 Å². The van der Waals surface area contributed by atoms with Crippen LogP contribution in [0.4, 0.5) is 26.3 Å². The zero-order chi connectivity index (χ0) is 44.1. The van der Waals surface area contributed by atoms with E-state index in [1.165, 1.54) is 44.9 Å². The Hall–Kier alpha value is -2.01. The summed E-state index contributed by atoms with van der Waals surface area (Å²) < 4.78 is 92.3. The van der Waals surface area contributed by atoms with Gasteiger partial charge in [-0.3, -0.25) is 14.4 Å². The molecule has 0 aromatic rings. The Morgan fingerprint density at radius 1 is 0.483 bits per heavy atom. The molecule has 12 heteroatoms. The molecule has 6 unspecified atom stereocenters. The normalized spacial score (nSPS) is 43.1. The van der Waals surface area contributed by atoms with Crippen LogP contribution in [0.3, 0.4) is 0 Å². The van der Waals surface area contributed by atoms with Gasteiger partial charge >= 0.3 is 17.9 Å². The van der Waals surface area contributed by atoms with E-state index in [1.807, 2.05) is 0 Å². The minimum atomic E-state index is -2.94. The van der Waals surface area contributed by atoms with Crippen LogP contribution in [-0.2, 0) is 28.6 Å². The third kappa shape index (κ3) is 9.72. The van der Waals surface area contributed by atoms with E-state index in [4.69, 9.17) is 14.2 Å². The van der Waals surface area contributed by atoms with Gasteiger partial charge in [0.1, 0.15) is 0 Å². The number of carbonyl (C=O) groups excluding carboxylic acids is 3. The molecule has 6 nitrogen and oxygen atoms in total. The van der Waals surface area contributed by atoms with Crippen molar-refractivity contribution in [2.24, 2.45) is 79.8 Å². The summed E-state index contributed by atoms with van der Waals surface area (Å²) in [6.07, 6.45) is 17.9. The van der Waals surface area contributed by atoms with Gasteiger partial charge in [-0.25, -0.2) is 26.3 Å². The summed E-state index contributed by atoms with van der Waals surface area (Å²) in [7, 11) is 0. The fourth-order valence-electron chi connectivity index (χ4n) is 16.1. The second-order valence-electron chi connectivity index (χ2n) is 24.6. The molecule has 0 radical (unpaired) electrons. The molecular formula is C48H72F6O6. The Bertz CT molecular complexity index is 1590. The second-order valence-corrected chi connectivity index (χ2v) is 24.6. The van der Waals surface area contributed by atoms with Gasteiger partial charge in [0.25, 0.3) is 17.8 Å². The lowest BCUT2D eigenvalue weighted by Crippen LogP contribution is -2.59. The molecule has 12 rings (SSSR count). The number of esters is 3. The highest BCUT2D eigenvalue weighted by Gasteiger charge is 2.64. The molecule has 0 amide bonds. The first-order valence-corrected chi connectivity index (χ1v) is 23.1. The maximum atomic E-state index is 13.0. The lowest BCUT2D eigenvalue weighted by molar-refractivity contribution is -0.199. The van der Waals surface area contributed by atoms with E-state index in [0.717, 1.165) is 90.9 Å². The monoisotopic (exact) mass is 859 g/mol. The molecule has 0 saturated heterocycles. The van der Waals surface area contributed by atoms with Crippen molar-refractivity contribution >= 4 is 17.9 Å². The largest absolute Gasteiger partial charge is 0.459 e. The van der Waals surface area contributed by atoms with Crippen LogP contribution >= 0.6 is 0 Å². The van der Waals surface area contributed by atoms with Gasteiger partial charge in [0.05, 0.1) is 16.7 Å². The highest BCUT2D eigenvalue weighted by Crippen LogP contribution is 2.70. The van der Waals surface area contributed by atoms with Crippen LogP contribution < -0.4 is 0 Å². The van der Waals surface area contributed by atoms with Crippen LogP contribution in [0.15, 0.2) is 0 Å². The first kappa shape index (κ1) is 46.0. The van der Waals surface area contributed by atoms with Gasteiger partial charge in [-0.1, -0.05) is 34.6 Å². The van der Waals surface area contributed by atoms with Crippen molar-refractivity contribution < 1.29 is 54.9 Å². The van der Waals surface area contributed by atoms with E-state index >= 15 is 0 Å². The van der Waals surface area contributed by atoms with Crippen molar-refractivity contribution in [2.45, 2.75) is 182 Å². The molecule has 12 saturated carbocycles. The Morgan fingerprint density at radius 2 is 0.867 bits per heavy atom. The molecule has 0 aliphatic heterocycles. The van der Waals surface area contributed by atoms with Gasteiger partial charge in [0.2, 0.25) is 0 Å². The maximum absolute atomic E-state index is 13.0. The Kier molecular flexibility index (Phi) is 11.7. The molecule has 0 spiro atoms. The molecule has 0 N–H and O–H groups in total. The fraction of sp³-hybridized carbons (Fsp3) is 0.938. The Balaban J connectivity index is 0.000000137. The minimum absolute atomic E-state index is 0.119. The summed E-state index contributed by atoms with van der Waals surface area (Å²) in [5, 5.41) is 0. The van der Waals surface area contributed by atoms with E-state index in [2.05, 4.69) is 34.6 Å². The maximum Gasteiger partial charge on any atom is 0.312 e. The number of carbonyl (C=O) groups is 3. The molecule has 60 heavy (non-hydrogen) atoms. The number of hydrogen-bond acceptors (Lipinski definition) is 6. The van der Waals surface area contributed by atoms with Crippen LogP contribution in [0.25, 0.3) is 0 Å². The van der Waals surface area contributed by atoms with Gasteiger partial charge in [0, 0.05) is 20.8 Å². The van der Waals surface area contributed by atoms with Crippen molar-refractivity contribution in [2.75, 3.05) is 19.8 Å². The number of ether oxygens (including phenoxy) is 3. The van der Waals surface area contributed by atoms with Crippen LogP contribution in [0.1, 0.15) is 165 Å². The third-order valence-corrected chi connectivity index (χ3v) is 17.1. The van der Waals surface area contributed by atoms with Gasteiger partial charge in [-0.05, 0) is 172 Å². The lowest BCUT2D eigenvalue weighted by Gasteiger charge is -2.65. The molecule has 0 aromatic heterocycles. The molecule has 12 bridgehead atoms. The number of alkyl halides is 6. The molecule has 12 aliphatic rings. The summed E-state index contributed by atoms with van der Waals surface area (Å²) in [5.41, 5.74) is -0.0116. The van der Waals surface area contributed by atoms with Crippen LogP contribution in [0, 0.1) is 79.8 Å². The van der Waals surface area contributed by atoms with Crippen molar-refractivity contribution in [1.82, 2.24) is 0 Å². The van der Waals surface area contributed by atoms with E-state index in [0.29, 0.717) is 40.9 Å². The molecule has 12 fully saturated rings. The van der Waals surface area contributed by atoms with Crippen molar-refractivity contribution in [3.8, 4) is 0 Å². The molecule has 12 aliphatic carbocycles. The smallest absolute Gasteiger partial charge is 0.312 e. The number of halogens is 6. The Labute approximate surface area is 354 Å². The lowest BCUT2D eigenvalue weighted by atomic mass is 9.39. The molecule has 0 aromatic carbocycles. The Morgan fingerprint density at radius 3 is 1.25 bits per heavy atom. The van der Waals surface area contributed by atoms with E-state index in [9.17, 15) is 40.7 Å². The summed E-state index contributed by atoms with van der Waals surface area (Å²) in [5.74, 6) is -6.21. The topological polar surface area (TPSA) is 78.9 Å². The molecule has 0 heterocycles. The predicted molar refractivity (Wildman–Crippen MR) is 214 cm³/mol. The van der Waals surface area contributed by atoms with Crippen LogP contribution in [-0.4, -0.2) is 55.5 Å². The SMILES string of the molecule is CC(F)(F)COC(=O)C12CC3CC(C1)CC(C(C)(C)C)(C3)C2.CC(F)(F)COC(=O)C12CC3CC(CC(C)(C3)C1)C2.CC(F)(F)COC(=O)C1C2CC3CC1CC(C)(C3)C2. The molecular weight excluding hydrogens is 787 g/mol. The number of rotatable bonds is 9. The summed E-state index contributed by atoms with van der Waals surface area (Å²) in [6.45, 7) is 11.4. The average molecular weight is 859 g/mol. The van der Waals surface area contributed by atoms with E-state index in [-0.39, 0.29) is 40.1 Å².